The molecule has 1 aromatic rings. The van der Waals surface area contributed by atoms with Crippen molar-refractivity contribution in [3.05, 3.63) is 33.3 Å². The average Bonchev–Trinajstić information content (AvgIpc) is 2.26. The number of hydrogen-bond donors (Lipinski definition) is 1. The molecule has 0 aromatic heterocycles. The summed E-state index contributed by atoms with van der Waals surface area (Å²) < 4.78 is 6.53. The Balaban J connectivity index is 2.70. The first-order chi connectivity index (χ1) is 7.69. The maximum absolute atomic E-state index is 6.19. The van der Waals surface area contributed by atoms with Crippen molar-refractivity contribution in [2.45, 2.75) is 19.4 Å². The summed E-state index contributed by atoms with van der Waals surface area (Å²) in [5.74, 6) is 0. The molecule has 0 heterocycles. The average molecular weight is 307 g/mol. The van der Waals surface area contributed by atoms with Crippen LogP contribution in [0.1, 0.15) is 24.9 Å². The van der Waals surface area contributed by atoms with Crippen molar-refractivity contribution in [2.24, 2.45) is 0 Å². The van der Waals surface area contributed by atoms with Gasteiger partial charge in [0.05, 0.1) is 12.6 Å². The number of halogens is 2. The van der Waals surface area contributed by atoms with Crippen LogP contribution in [0, 0.1) is 0 Å². The zero-order valence-corrected chi connectivity index (χ0v) is 11.9. The molecule has 0 aliphatic rings. The van der Waals surface area contributed by atoms with E-state index >= 15 is 0 Å². The fourth-order valence-electron chi connectivity index (χ4n) is 1.46. The second-order valence-corrected chi connectivity index (χ2v) is 4.90. The van der Waals surface area contributed by atoms with Crippen LogP contribution in [0.25, 0.3) is 0 Å². The standard InChI is InChI=1S/C12H17BrClNO/c1-3-6-16-8-12(15-2)10-5-4-9(13)7-11(10)14/h4-5,7,12,15H,3,6,8H2,1-2H3. The van der Waals surface area contributed by atoms with Crippen LogP contribution >= 0.6 is 27.5 Å². The van der Waals surface area contributed by atoms with E-state index in [9.17, 15) is 0 Å². The Morgan fingerprint density at radius 2 is 2.25 bits per heavy atom. The lowest BCUT2D eigenvalue weighted by Crippen LogP contribution is -2.22. The Morgan fingerprint density at radius 1 is 1.50 bits per heavy atom. The lowest BCUT2D eigenvalue weighted by atomic mass is 10.1. The Kier molecular flexibility index (Phi) is 6.36. The quantitative estimate of drug-likeness (QED) is 0.807. The minimum Gasteiger partial charge on any atom is -0.379 e. The molecule has 4 heteroatoms. The number of benzene rings is 1. The van der Waals surface area contributed by atoms with Crippen LogP contribution in [-0.2, 0) is 4.74 Å². The van der Waals surface area contributed by atoms with Gasteiger partial charge < -0.3 is 10.1 Å². The van der Waals surface area contributed by atoms with Crippen molar-refractivity contribution in [2.75, 3.05) is 20.3 Å². The van der Waals surface area contributed by atoms with Crippen LogP contribution in [0.15, 0.2) is 22.7 Å². The molecule has 1 atom stereocenters. The molecule has 0 bridgehead atoms. The van der Waals surface area contributed by atoms with E-state index in [2.05, 4.69) is 28.2 Å². The molecule has 0 saturated heterocycles. The number of rotatable bonds is 6. The topological polar surface area (TPSA) is 21.3 Å². The van der Waals surface area contributed by atoms with E-state index < -0.39 is 0 Å². The molecule has 0 aliphatic heterocycles. The van der Waals surface area contributed by atoms with Crippen molar-refractivity contribution >= 4 is 27.5 Å². The van der Waals surface area contributed by atoms with Gasteiger partial charge in [-0.25, -0.2) is 0 Å². The van der Waals surface area contributed by atoms with Crippen LogP contribution in [0.2, 0.25) is 5.02 Å². The summed E-state index contributed by atoms with van der Waals surface area (Å²) in [6.07, 6.45) is 1.03. The smallest absolute Gasteiger partial charge is 0.0661 e. The van der Waals surface area contributed by atoms with E-state index in [4.69, 9.17) is 16.3 Å². The van der Waals surface area contributed by atoms with Gasteiger partial charge in [-0.15, -0.1) is 0 Å². The van der Waals surface area contributed by atoms with Gasteiger partial charge in [-0.05, 0) is 31.2 Å². The van der Waals surface area contributed by atoms with E-state index in [1.54, 1.807) is 0 Å². The third-order valence-corrected chi connectivity index (χ3v) is 3.14. The second-order valence-electron chi connectivity index (χ2n) is 3.58. The zero-order valence-electron chi connectivity index (χ0n) is 9.59. The summed E-state index contributed by atoms with van der Waals surface area (Å²) >= 11 is 9.59. The first-order valence-corrected chi connectivity index (χ1v) is 6.56. The van der Waals surface area contributed by atoms with Crippen molar-refractivity contribution in [3.63, 3.8) is 0 Å². The normalized spacial score (nSPS) is 12.8. The van der Waals surface area contributed by atoms with Gasteiger partial charge >= 0.3 is 0 Å². The maximum Gasteiger partial charge on any atom is 0.0661 e. The lowest BCUT2D eigenvalue weighted by molar-refractivity contribution is 0.114. The minimum atomic E-state index is 0.146. The van der Waals surface area contributed by atoms with E-state index in [0.717, 1.165) is 28.1 Å². The molecule has 1 aromatic carbocycles. The highest BCUT2D eigenvalue weighted by molar-refractivity contribution is 9.10. The van der Waals surface area contributed by atoms with Gasteiger partial charge in [-0.3, -0.25) is 0 Å². The highest BCUT2D eigenvalue weighted by Gasteiger charge is 2.12. The van der Waals surface area contributed by atoms with E-state index in [-0.39, 0.29) is 6.04 Å². The Morgan fingerprint density at radius 3 is 2.81 bits per heavy atom. The molecular weight excluding hydrogens is 289 g/mol. The van der Waals surface area contributed by atoms with Crippen molar-refractivity contribution in [1.29, 1.82) is 0 Å². The molecule has 0 amide bonds. The van der Waals surface area contributed by atoms with Gasteiger partial charge in [-0.1, -0.05) is 40.5 Å². The highest BCUT2D eigenvalue weighted by atomic mass is 79.9. The third-order valence-electron chi connectivity index (χ3n) is 2.32. The van der Waals surface area contributed by atoms with Gasteiger partial charge in [0.15, 0.2) is 0 Å². The molecule has 1 N–H and O–H groups in total. The molecule has 0 spiro atoms. The number of nitrogens with one attached hydrogen (secondary N) is 1. The fourth-order valence-corrected chi connectivity index (χ4v) is 2.26. The maximum atomic E-state index is 6.19. The van der Waals surface area contributed by atoms with Gasteiger partial charge in [-0.2, -0.15) is 0 Å². The second kappa shape index (κ2) is 7.28. The largest absolute Gasteiger partial charge is 0.379 e. The third kappa shape index (κ3) is 4.06. The molecule has 0 radical (unpaired) electrons. The van der Waals surface area contributed by atoms with Crippen molar-refractivity contribution in [1.82, 2.24) is 5.32 Å². The zero-order chi connectivity index (χ0) is 12.0. The van der Waals surface area contributed by atoms with E-state index in [1.807, 2.05) is 25.2 Å². The van der Waals surface area contributed by atoms with Crippen LogP contribution in [0.5, 0.6) is 0 Å². The van der Waals surface area contributed by atoms with Crippen LogP contribution in [0.4, 0.5) is 0 Å². The summed E-state index contributed by atoms with van der Waals surface area (Å²) in [5, 5.41) is 3.97. The Labute approximate surface area is 110 Å². The summed E-state index contributed by atoms with van der Waals surface area (Å²) in [6, 6.07) is 6.06. The SMILES string of the molecule is CCCOCC(NC)c1ccc(Br)cc1Cl. The van der Waals surface area contributed by atoms with Crippen molar-refractivity contribution < 1.29 is 4.74 Å². The first-order valence-electron chi connectivity index (χ1n) is 5.39. The van der Waals surface area contributed by atoms with E-state index in [1.165, 1.54) is 0 Å². The number of ether oxygens (including phenoxy) is 1. The molecule has 2 nitrogen and oxygen atoms in total. The Hall–Kier alpha value is -0.0900. The summed E-state index contributed by atoms with van der Waals surface area (Å²) in [5.41, 5.74) is 1.07. The number of hydrogen-bond acceptors (Lipinski definition) is 2. The molecule has 0 aliphatic carbocycles. The Bertz CT molecular complexity index is 333. The number of likely N-dealkylation sites (N-methyl/N-ethyl adjacent to an activating group) is 1. The van der Waals surface area contributed by atoms with Gasteiger partial charge in [0, 0.05) is 16.1 Å². The molecule has 0 saturated carbocycles. The van der Waals surface area contributed by atoms with Gasteiger partial charge in [0.25, 0.3) is 0 Å². The van der Waals surface area contributed by atoms with E-state index in [0.29, 0.717) is 6.61 Å². The van der Waals surface area contributed by atoms with Gasteiger partial charge in [0.2, 0.25) is 0 Å². The highest BCUT2D eigenvalue weighted by Crippen LogP contribution is 2.26. The van der Waals surface area contributed by atoms with Crippen LogP contribution in [-0.4, -0.2) is 20.3 Å². The van der Waals surface area contributed by atoms with Gasteiger partial charge in [0.1, 0.15) is 0 Å². The monoisotopic (exact) mass is 305 g/mol. The predicted octanol–water partition coefficient (Wildman–Crippen LogP) is 3.79. The van der Waals surface area contributed by atoms with Crippen LogP contribution in [0.3, 0.4) is 0 Å². The molecule has 90 valence electrons. The molecule has 1 rings (SSSR count). The lowest BCUT2D eigenvalue weighted by Gasteiger charge is -2.18. The minimum absolute atomic E-state index is 0.146. The fraction of sp³-hybridized carbons (Fsp3) is 0.500. The summed E-state index contributed by atoms with van der Waals surface area (Å²) in [7, 11) is 1.92. The van der Waals surface area contributed by atoms with Crippen molar-refractivity contribution in [3.8, 4) is 0 Å². The molecule has 1 unspecified atom stereocenters. The summed E-state index contributed by atoms with van der Waals surface area (Å²) in [4.78, 5) is 0. The predicted molar refractivity (Wildman–Crippen MR) is 72.1 cm³/mol. The first kappa shape index (κ1) is 14.0. The molecular formula is C12H17BrClNO. The summed E-state index contributed by atoms with van der Waals surface area (Å²) in [6.45, 7) is 3.53. The molecule has 16 heavy (non-hydrogen) atoms. The molecule has 0 fully saturated rings. The van der Waals surface area contributed by atoms with Crippen LogP contribution < -0.4 is 5.32 Å².